The SMILES string of the molecule is CC(C)(C)c1nn(-c2ccc(Cl)c(F)c2)c2ncc(C(=O)N3CCNC(=O)C3(C)C)cc12. The molecule has 1 N–H and O–H groups in total. The van der Waals surface area contributed by atoms with E-state index >= 15 is 0 Å². The lowest BCUT2D eigenvalue weighted by Crippen LogP contribution is -2.63. The van der Waals surface area contributed by atoms with Crippen LogP contribution in [0.15, 0.2) is 30.5 Å². The maximum Gasteiger partial charge on any atom is 0.256 e. The minimum absolute atomic E-state index is 0.0234. The molecule has 2 amide bonds. The van der Waals surface area contributed by atoms with Crippen LogP contribution in [0, 0.1) is 5.82 Å². The van der Waals surface area contributed by atoms with Crippen LogP contribution in [0.3, 0.4) is 0 Å². The fourth-order valence-corrected chi connectivity index (χ4v) is 4.00. The van der Waals surface area contributed by atoms with Crippen molar-refractivity contribution in [1.29, 1.82) is 0 Å². The summed E-state index contributed by atoms with van der Waals surface area (Å²) >= 11 is 5.84. The topological polar surface area (TPSA) is 80.1 Å². The summed E-state index contributed by atoms with van der Waals surface area (Å²) in [4.78, 5) is 31.7. The average molecular weight is 458 g/mol. The van der Waals surface area contributed by atoms with E-state index in [1.165, 1.54) is 18.3 Å². The summed E-state index contributed by atoms with van der Waals surface area (Å²) in [5.74, 6) is -1.02. The van der Waals surface area contributed by atoms with Crippen molar-refractivity contribution in [1.82, 2.24) is 25.0 Å². The highest BCUT2D eigenvalue weighted by atomic mass is 35.5. The maximum absolute atomic E-state index is 14.1. The van der Waals surface area contributed by atoms with Crippen LogP contribution < -0.4 is 5.32 Å². The third-order valence-electron chi connectivity index (χ3n) is 5.72. The number of carbonyl (C=O) groups excluding carboxylic acids is 2. The summed E-state index contributed by atoms with van der Waals surface area (Å²) in [6.45, 7) is 10.3. The van der Waals surface area contributed by atoms with E-state index in [1.807, 2.05) is 20.8 Å². The van der Waals surface area contributed by atoms with Crippen LogP contribution >= 0.6 is 11.6 Å². The first kappa shape index (κ1) is 22.2. The van der Waals surface area contributed by atoms with Crippen LogP contribution in [0.4, 0.5) is 4.39 Å². The minimum Gasteiger partial charge on any atom is -0.352 e. The van der Waals surface area contributed by atoms with Crippen molar-refractivity contribution < 1.29 is 14.0 Å². The second-order valence-corrected chi connectivity index (χ2v) is 9.88. The van der Waals surface area contributed by atoms with Crippen molar-refractivity contribution in [2.24, 2.45) is 0 Å². The van der Waals surface area contributed by atoms with Gasteiger partial charge in [-0.2, -0.15) is 5.10 Å². The highest BCUT2D eigenvalue weighted by molar-refractivity contribution is 6.30. The van der Waals surface area contributed by atoms with Gasteiger partial charge in [-0.05, 0) is 32.0 Å². The molecule has 168 valence electrons. The van der Waals surface area contributed by atoms with E-state index in [4.69, 9.17) is 16.7 Å². The number of rotatable bonds is 2. The molecule has 9 heteroatoms. The number of benzene rings is 1. The van der Waals surface area contributed by atoms with Crippen molar-refractivity contribution in [3.8, 4) is 5.69 Å². The molecule has 0 saturated carbocycles. The van der Waals surface area contributed by atoms with Crippen LogP contribution in [-0.2, 0) is 10.2 Å². The molecule has 1 aliphatic heterocycles. The minimum atomic E-state index is -0.970. The maximum atomic E-state index is 14.1. The van der Waals surface area contributed by atoms with Crippen molar-refractivity contribution >= 4 is 34.4 Å². The Morgan fingerprint density at radius 3 is 2.62 bits per heavy atom. The van der Waals surface area contributed by atoms with Gasteiger partial charge in [0.1, 0.15) is 11.4 Å². The molecular formula is C23H25ClFN5O2. The molecule has 4 rings (SSSR count). The molecule has 1 saturated heterocycles. The summed E-state index contributed by atoms with van der Waals surface area (Å²) in [5.41, 5.74) is 0.745. The summed E-state index contributed by atoms with van der Waals surface area (Å²) in [6, 6.07) is 6.19. The highest BCUT2D eigenvalue weighted by Crippen LogP contribution is 2.32. The van der Waals surface area contributed by atoms with Gasteiger partial charge >= 0.3 is 0 Å². The number of nitrogens with one attached hydrogen (secondary N) is 1. The Labute approximate surface area is 190 Å². The van der Waals surface area contributed by atoms with Crippen LogP contribution in [0.5, 0.6) is 0 Å². The standard InChI is InChI=1S/C23H25ClFN5O2/c1-22(2,3)18-15-10-13(20(31)29-9-8-26-21(32)23(29,4)5)12-27-19(15)30(28-18)14-6-7-16(24)17(25)11-14/h6-7,10-12H,8-9H2,1-5H3,(H,26,32). The number of hydrogen-bond donors (Lipinski definition) is 1. The molecule has 1 aromatic carbocycles. The van der Waals surface area contributed by atoms with Crippen LogP contribution in [0.2, 0.25) is 5.02 Å². The van der Waals surface area contributed by atoms with E-state index in [-0.39, 0.29) is 22.3 Å². The number of pyridine rings is 1. The lowest BCUT2D eigenvalue weighted by Gasteiger charge is -2.41. The van der Waals surface area contributed by atoms with Crippen molar-refractivity contribution in [3.05, 3.63) is 52.6 Å². The normalized spacial score (nSPS) is 16.3. The average Bonchev–Trinajstić information content (AvgIpc) is 3.11. The largest absolute Gasteiger partial charge is 0.352 e. The molecule has 7 nitrogen and oxygen atoms in total. The third-order valence-corrected chi connectivity index (χ3v) is 6.03. The zero-order valence-electron chi connectivity index (χ0n) is 18.7. The van der Waals surface area contributed by atoms with Crippen molar-refractivity contribution in [3.63, 3.8) is 0 Å². The Balaban J connectivity index is 1.86. The Kier molecular flexibility index (Phi) is 5.24. The Morgan fingerprint density at radius 1 is 1.25 bits per heavy atom. The second-order valence-electron chi connectivity index (χ2n) is 9.48. The Hall–Kier alpha value is -3.00. The van der Waals surface area contributed by atoms with E-state index in [0.29, 0.717) is 35.4 Å². The van der Waals surface area contributed by atoms with Crippen molar-refractivity contribution in [2.75, 3.05) is 13.1 Å². The number of aromatic nitrogens is 3. The summed E-state index contributed by atoms with van der Waals surface area (Å²) < 4.78 is 15.7. The third kappa shape index (κ3) is 3.62. The first-order valence-electron chi connectivity index (χ1n) is 10.4. The summed E-state index contributed by atoms with van der Waals surface area (Å²) in [5, 5.41) is 8.22. The molecule has 2 aromatic heterocycles. The number of hydrogen-bond acceptors (Lipinski definition) is 4. The monoisotopic (exact) mass is 457 g/mol. The smallest absolute Gasteiger partial charge is 0.256 e. The summed E-state index contributed by atoms with van der Waals surface area (Å²) in [7, 11) is 0. The van der Waals surface area contributed by atoms with Gasteiger partial charge < -0.3 is 10.2 Å². The molecule has 1 fully saturated rings. The number of carbonyl (C=O) groups is 2. The molecule has 0 bridgehead atoms. The quantitative estimate of drug-likeness (QED) is 0.633. The van der Waals surface area contributed by atoms with Gasteiger partial charge in [0, 0.05) is 36.2 Å². The molecule has 0 unspecified atom stereocenters. The molecule has 0 spiro atoms. The van der Waals surface area contributed by atoms with E-state index in [1.54, 1.807) is 35.6 Å². The van der Waals surface area contributed by atoms with Gasteiger partial charge in [-0.15, -0.1) is 0 Å². The number of amides is 2. The van der Waals surface area contributed by atoms with Gasteiger partial charge in [0.2, 0.25) is 5.91 Å². The number of fused-ring (bicyclic) bond motifs is 1. The zero-order chi connectivity index (χ0) is 23.4. The molecule has 0 atom stereocenters. The Bertz CT molecular complexity index is 1250. The number of nitrogens with zero attached hydrogens (tertiary/aromatic N) is 4. The Morgan fingerprint density at radius 2 is 1.97 bits per heavy atom. The molecular weight excluding hydrogens is 433 g/mol. The number of piperazine rings is 1. The first-order valence-corrected chi connectivity index (χ1v) is 10.7. The highest BCUT2D eigenvalue weighted by Gasteiger charge is 2.41. The van der Waals surface area contributed by atoms with Gasteiger partial charge in [0.05, 0.1) is 22.0 Å². The summed E-state index contributed by atoms with van der Waals surface area (Å²) in [6.07, 6.45) is 1.48. The van der Waals surface area contributed by atoms with E-state index in [9.17, 15) is 14.0 Å². The lowest BCUT2D eigenvalue weighted by atomic mass is 9.90. The zero-order valence-corrected chi connectivity index (χ0v) is 19.4. The van der Waals surface area contributed by atoms with E-state index in [2.05, 4.69) is 10.3 Å². The number of halogens is 2. The molecule has 3 heterocycles. The predicted molar refractivity (Wildman–Crippen MR) is 121 cm³/mol. The van der Waals surface area contributed by atoms with Gasteiger partial charge in [-0.25, -0.2) is 14.1 Å². The first-order chi connectivity index (χ1) is 14.9. The van der Waals surface area contributed by atoms with Gasteiger partial charge in [-0.1, -0.05) is 32.4 Å². The molecule has 0 radical (unpaired) electrons. The molecule has 0 aliphatic carbocycles. The lowest BCUT2D eigenvalue weighted by molar-refractivity contribution is -0.133. The molecule has 32 heavy (non-hydrogen) atoms. The fourth-order valence-electron chi connectivity index (χ4n) is 3.88. The van der Waals surface area contributed by atoms with E-state index in [0.717, 1.165) is 5.69 Å². The van der Waals surface area contributed by atoms with Crippen LogP contribution in [-0.4, -0.2) is 50.1 Å². The van der Waals surface area contributed by atoms with Crippen molar-refractivity contribution in [2.45, 2.75) is 45.6 Å². The second kappa shape index (κ2) is 7.55. The van der Waals surface area contributed by atoms with Gasteiger partial charge in [-0.3, -0.25) is 9.59 Å². The van der Waals surface area contributed by atoms with Gasteiger partial charge in [0.15, 0.2) is 5.65 Å². The van der Waals surface area contributed by atoms with Crippen LogP contribution in [0.1, 0.15) is 50.7 Å². The van der Waals surface area contributed by atoms with Gasteiger partial charge in [0.25, 0.3) is 5.91 Å². The fraction of sp³-hybridized carbons (Fsp3) is 0.391. The molecule has 3 aromatic rings. The van der Waals surface area contributed by atoms with E-state index < -0.39 is 11.4 Å². The predicted octanol–water partition coefficient (Wildman–Crippen LogP) is 3.86. The molecule has 1 aliphatic rings. The van der Waals surface area contributed by atoms with Crippen LogP contribution in [0.25, 0.3) is 16.7 Å².